The highest BCUT2D eigenvalue weighted by atomic mass is 32.1. The van der Waals surface area contributed by atoms with Crippen molar-refractivity contribution in [2.75, 3.05) is 6.54 Å². The van der Waals surface area contributed by atoms with E-state index < -0.39 is 0 Å². The number of aromatic nitrogens is 1. The van der Waals surface area contributed by atoms with Crippen LogP contribution in [0.1, 0.15) is 46.8 Å². The molecule has 3 heterocycles. The summed E-state index contributed by atoms with van der Waals surface area (Å²) in [6.07, 6.45) is 4.28. The molecule has 5 heteroatoms. The summed E-state index contributed by atoms with van der Waals surface area (Å²) >= 11 is 1.88. The molecule has 1 amide bonds. The van der Waals surface area contributed by atoms with E-state index in [9.17, 15) is 4.79 Å². The van der Waals surface area contributed by atoms with Gasteiger partial charge in [-0.2, -0.15) is 0 Å². The van der Waals surface area contributed by atoms with Gasteiger partial charge in [-0.1, -0.05) is 0 Å². The normalized spacial score (nSPS) is 18.3. The number of amides is 1. The number of pyridine rings is 1. The van der Waals surface area contributed by atoms with Crippen molar-refractivity contribution >= 4 is 17.2 Å². The van der Waals surface area contributed by atoms with Crippen molar-refractivity contribution in [1.29, 1.82) is 0 Å². The van der Waals surface area contributed by atoms with Crippen molar-refractivity contribution in [3.63, 3.8) is 0 Å². The molecule has 0 spiro atoms. The van der Waals surface area contributed by atoms with Gasteiger partial charge in [0.05, 0.1) is 12.2 Å². The molecule has 1 aliphatic heterocycles. The summed E-state index contributed by atoms with van der Waals surface area (Å²) in [6.45, 7) is 6.36. The molecule has 1 N–H and O–H groups in total. The van der Waals surface area contributed by atoms with E-state index in [-0.39, 0.29) is 5.91 Å². The first kappa shape index (κ1) is 16.1. The molecule has 2 aromatic heterocycles. The van der Waals surface area contributed by atoms with Crippen molar-refractivity contribution in [2.24, 2.45) is 0 Å². The van der Waals surface area contributed by atoms with E-state index in [1.54, 1.807) is 0 Å². The monoisotopic (exact) mass is 329 g/mol. The highest BCUT2D eigenvalue weighted by molar-refractivity contribution is 7.11. The van der Waals surface area contributed by atoms with Gasteiger partial charge >= 0.3 is 0 Å². The van der Waals surface area contributed by atoms with Gasteiger partial charge in [-0.15, -0.1) is 11.3 Å². The number of carbonyl (C=O) groups excluding carboxylic acids is 1. The molecule has 1 saturated heterocycles. The van der Waals surface area contributed by atoms with Crippen LogP contribution in [-0.2, 0) is 17.9 Å². The Labute approximate surface area is 141 Å². The molecule has 4 nitrogen and oxygen atoms in total. The summed E-state index contributed by atoms with van der Waals surface area (Å²) in [5.41, 5.74) is 2.24. The first-order chi connectivity index (χ1) is 11.1. The number of aryl methyl sites for hydroxylation is 1. The van der Waals surface area contributed by atoms with Crippen LogP contribution in [-0.4, -0.2) is 22.3 Å². The van der Waals surface area contributed by atoms with Crippen LogP contribution in [0.4, 0.5) is 0 Å². The fourth-order valence-electron chi connectivity index (χ4n) is 3.18. The molecule has 1 atom stereocenters. The maximum Gasteiger partial charge on any atom is 0.217 e. The van der Waals surface area contributed by atoms with Gasteiger partial charge in [0.15, 0.2) is 0 Å². The molecule has 122 valence electrons. The number of carbonyl (C=O) groups is 1. The third-order valence-electron chi connectivity index (χ3n) is 4.26. The summed E-state index contributed by atoms with van der Waals surface area (Å²) in [7, 11) is 0. The molecule has 0 bridgehead atoms. The fourth-order valence-corrected chi connectivity index (χ4v) is 4.10. The average Bonchev–Trinajstić information content (AvgIpc) is 3.15. The SMILES string of the molecule is CC(=O)NCc1cc(C2CCCN2Cc2ccc(C)s2)ccn1. The molecule has 2 aromatic rings. The quantitative estimate of drug-likeness (QED) is 0.914. The zero-order valence-corrected chi connectivity index (χ0v) is 14.5. The number of likely N-dealkylation sites (tertiary alicyclic amines) is 1. The van der Waals surface area contributed by atoms with Crippen LogP contribution in [0.2, 0.25) is 0 Å². The third kappa shape index (κ3) is 4.18. The third-order valence-corrected chi connectivity index (χ3v) is 5.25. The Kier molecular flexibility index (Phi) is 5.08. The van der Waals surface area contributed by atoms with Crippen molar-refractivity contribution in [2.45, 2.75) is 45.8 Å². The highest BCUT2D eigenvalue weighted by Crippen LogP contribution is 2.34. The lowest BCUT2D eigenvalue weighted by Gasteiger charge is -2.24. The summed E-state index contributed by atoms with van der Waals surface area (Å²) in [6, 6.07) is 9.14. The highest BCUT2D eigenvalue weighted by Gasteiger charge is 2.26. The van der Waals surface area contributed by atoms with Crippen molar-refractivity contribution < 1.29 is 4.79 Å². The van der Waals surface area contributed by atoms with Crippen molar-refractivity contribution in [3.05, 3.63) is 51.5 Å². The number of nitrogens with one attached hydrogen (secondary N) is 1. The predicted molar refractivity (Wildman–Crippen MR) is 93.2 cm³/mol. The minimum absolute atomic E-state index is 0.0206. The van der Waals surface area contributed by atoms with Gasteiger partial charge in [-0.05, 0) is 56.1 Å². The van der Waals surface area contributed by atoms with E-state index >= 15 is 0 Å². The molecule has 23 heavy (non-hydrogen) atoms. The Morgan fingerprint density at radius 1 is 1.43 bits per heavy atom. The molecule has 0 radical (unpaired) electrons. The van der Waals surface area contributed by atoms with Gasteiger partial charge in [0, 0.05) is 35.5 Å². The molecular formula is C18H23N3OS. The van der Waals surface area contributed by atoms with Crippen LogP contribution in [0.3, 0.4) is 0 Å². The van der Waals surface area contributed by atoms with E-state index in [1.807, 2.05) is 17.5 Å². The van der Waals surface area contributed by atoms with Gasteiger partial charge < -0.3 is 5.32 Å². The van der Waals surface area contributed by atoms with Crippen LogP contribution in [0, 0.1) is 6.92 Å². The van der Waals surface area contributed by atoms with Gasteiger partial charge in [-0.25, -0.2) is 0 Å². The van der Waals surface area contributed by atoms with Crippen molar-refractivity contribution in [3.8, 4) is 0 Å². The molecule has 0 saturated carbocycles. The molecule has 1 unspecified atom stereocenters. The van der Waals surface area contributed by atoms with E-state index in [1.165, 1.54) is 35.1 Å². The van der Waals surface area contributed by atoms with Gasteiger partial charge in [-0.3, -0.25) is 14.7 Å². The largest absolute Gasteiger partial charge is 0.351 e. The average molecular weight is 329 g/mol. The second-order valence-electron chi connectivity index (χ2n) is 6.13. The van der Waals surface area contributed by atoms with E-state index in [4.69, 9.17) is 0 Å². The first-order valence-electron chi connectivity index (χ1n) is 8.10. The van der Waals surface area contributed by atoms with Crippen LogP contribution in [0.15, 0.2) is 30.5 Å². The van der Waals surface area contributed by atoms with Crippen LogP contribution in [0.5, 0.6) is 0 Å². The van der Waals surface area contributed by atoms with Crippen molar-refractivity contribution in [1.82, 2.24) is 15.2 Å². The second-order valence-corrected chi connectivity index (χ2v) is 7.50. The zero-order chi connectivity index (χ0) is 16.2. The van der Waals surface area contributed by atoms with Crippen LogP contribution < -0.4 is 5.32 Å². The number of hydrogen-bond donors (Lipinski definition) is 1. The standard InChI is InChI=1S/C18H23N3OS/c1-13-5-6-17(23-13)12-21-9-3-4-18(21)15-7-8-19-16(10-15)11-20-14(2)22/h5-8,10,18H,3-4,9,11-12H2,1-2H3,(H,20,22). The molecule has 0 aliphatic carbocycles. The van der Waals surface area contributed by atoms with E-state index in [2.05, 4.69) is 46.4 Å². The number of nitrogens with zero attached hydrogens (tertiary/aromatic N) is 2. The summed E-state index contributed by atoms with van der Waals surface area (Å²) in [5, 5.41) is 2.82. The molecule has 1 aliphatic rings. The molecule has 0 aromatic carbocycles. The smallest absolute Gasteiger partial charge is 0.217 e. The van der Waals surface area contributed by atoms with Crippen LogP contribution in [0.25, 0.3) is 0 Å². The molecular weight excluding hydrogens is 306 g/mol. The predicted octanol–water partition coefficient (Wildman–Crippen LogP) is 3.42. The van der Waals surface area contributed by atoms with Gasteiger partial charge in [0.2, 0.25) is 5.91 Å². The Balaban J connectivity index is 1.71. The number of hydrogen-bond acceptors (Lipinski definition) is 4. The minimum atomic E-state index is -0.0206. The minimum Gasteiger partial charge on any atom is -0.351 e. The van der Waals surface area contributed by atoms with Crippen LogP contribution >= 0.6 is 11.3 Å². The van der Waals surface area contributed by atoms with Gasteiger partial charge in [0.1, 0.15) is 0 Å². The summed E-state index contributed by atoms with van der Waals surface area (Å²) in [5.74, 6) is -0.0206. The van der Waals surface area contributed by atoms with E-state index in [0.29, 0.717) is 12.6 Å². The Hall–Kier alpha value is -1.72. The lowest BCUT2D eigenvalue weighted by molar-refractivity contribution is -0.119. The maximum absolute atomic E-state index is 11.1. The lowest BCUT2D eigenvalue weighted by Crippen LogP contribution is -2.23. The fraction of sp³-hybridized carbons (Fsp3) is 0.444. The van der Waals surface area contributed by atoms with E-state index in [0.717, 1.165) is 18.8 Å². The molecule has 3 rings (SSSR count). The topological polar surface area (TPSA) is 45.2 Å². The molecule has 1 fully saturated rings. The Morgan fingerprint density at radius 3 is 3.04 bits per heavy atom. The zero-order valence-electron chi connectivity index (χ0n) is 13.7. The second kappa shape index (κ2) is 7.23. The van der Waals surface area contributed by atoms with Gasteiger partial charge in [0.25, 0.3) is 0 Å². The summed E-state index contributed by atoms with van der Waals surface area (Å²) < 4.78 is 0. The lowest BCUT2D eigenvalue weighted by atomic mass is 10.0. The summed E-state index contributed by atoms with van der Waals surface area (Å²) in [4.78, 5) is 20.8. The Bertz CT molecular complexity index is 682. The number of thiophene rings is 1. The number of rotatable bonds is 5. The maximum atomic E-state index is 11.1. The Morgan fingerprint density at radius 2 is 2.30 bits per heavy atom. The first-order valence-corrected chi connectivity index (χ1v) is 8.92.